The van der Waals surface area contributed by atoms with Crippen LogP contribution in [0.15, 0.2) is 30.5 Å². The van der Waals surface area contributed by atoms with Crippen molar-refractivity contribution in [1.29, 1.82) is 0 Å². The van der Waals surface area contributed by atoms with Gasteiger partial charge in [-0.1, -0.05) is 24.3 Å². The van der Waals surface area contributed by atoms with Gasteiger partial charge in [-0.2, -0.15) is 0 Å². The number of amides is 2. The Bertz CT molecular complexity index is 714. The molecule has 2 aromatic rings. The summed E-state index contributed by atoms with van der Waals surface area (Å²) in [6, 6.07) is 7.62. The molecule has 0 spiro atoms. The maximum absolute atomic E-state index is 12.6. The number of anilines is 1. The molecule has 1 aliphatic heterocycles. The fourth-order valence-electron chi connectivity index (χ4n) is 2.54. The van der Waals surface area contributed by atoms with Crippen LogP contribution in [0.5, 0.6) is 0 Å². The SMILES string of the molecule is CNc1ncc(C(=O)N2CCNC(=O)C2)c2ccccc12. The minimum absolute atomic E-state index is 0.0982. The molecule has 21 heavy (non-hydrogen) atoms. The predicted molar refractivity (Wildman–Crippen MR) is 80.2 cm³/mol. The Hall–Kier alpha value is -2.63. The zero-order valence-electron chi connectivity index (χ0n) is 11.7. The molecule has 0 radical (unpaired) electrons. The normalized spacial score (nSPS) is 14.9. The first-order valence-electron chi connectivity index (χ1n) is 6.82. The van der Waals surface area contributed by atoms with Crippen molar-refractivity contribution in [2.45, 2.75) is 0 Å². The van der Waals surface area contributed by atoms with Crippen LogP contribution in [0.25, 0.3) is 10.8 Å². The van der Waals surface area contributed by atoms with Crippen LogP contribution in [-0.2, 0) is 4.79 Å². The van der Waals surface area contributed by atoms with Gasteiger partial charge in [-0.25, -0.2) is 4.98 Å². The molecule has 0 bridgehead atoms. The van der Waals surface area contributed by atoms with Gasteiger partial charge in [-0.05, 0) is 5.39 Å². The summed E-state index contributed by atoms with van der Waals surface area (Å²) in [6.45, 7) is 1.11. The topological polar surface area (TPSA) is 74.3 Å². The molecule has 1 aromatic heterocycles. The van der Waals surface area contributed by atoms with E-state index < -0.39 is 0 Å². The Labute approximate surface area is 122 Å². The second kappa shape index (κ2) is 5.40. The van der Waals surface area contributed by atoms with Crippen molar-refractivity contribution in [3.8, 4) is 0 Å². The number of nitrogens with zero attached hydrogens (tertiary/aromatic N) is 2. The Balaban J connectivity index is 2.04. The zero-order chi connectivity index (χ0) is 14.8. The Kier molecular flexibility index (Phi) is 3.43. The fraction of sp³-hybridized carbons (Fsp3) is 0.267. The fourth-order valence-corrected chi connectivity index (χ4v) is 2.54. The Morgan fingerprint density at radius 2 is 2.10 bits per heavy atom. The summed E-state index contributed by atoms with van der Waals surface area (Å²) in [4.78, 5) is 29.9. The highest BCUT2D eigenvalue weighted by Gasteiger charge is 2.24. The maximum Gasteiger partial charge on any atom is 0.256 e. The van der Waals surface area contributed by atoms with E-state index in [1.807, 2.05) is 24.3 Å². The van der Waals surface area contributed by atoms with Crippen molar-refractivity contribution in [3.63, 3.8) is 0 Å². The van der Waals surface area contributed by atoms with Crippen LogP contribution in [0.1, 0.15) is 10.4 Å². The number of benzene rings is 1. The second-order valence-electron chi connectivity index (χ2n) is 4.89. The monoisotopic (exact) mass is 284 g/mol. The number of carbonyl (C=O) groups is 2. The molecule has 0 atom stereocenters. The molecular weight excluding hydrogens is 268 g/mol. The minimum atomic E-state index is -0.156. The van der Waals surface area contributed by atoms with E-state index in [0.29, 0.717) is 18.7 Å². The average Bonchev–Trinajstić information content (AvgIpc) is 2.53. The predicted octanol–water partition coefficient (Wildman–Crippen LogP) is 0.848. The number of hydrogen-bond acceptors (Lipinski definition) is 4. The zero-order valence-corrected chi connectivity index (χ0v) is 11.7. The molecule has 2 N–H and O–H groups in total. The summed E-state index contributed by atoms with van der Waals surface area (Å²) < 4.78 is 0. The molecule has 0 saturated carbocycles. The van der Waals surface area contributed by atoms with E-state index in [1.165, 1.54) is 0 Å². The van der Waals surface area contributed by atoms with E-state index in [1.54, 1.807) is 18.1 Å². The van der Waals surface area contributed by atoms with Crippen molar-refractivity contribution < 1.29 is 9.59 Å². The van der Waals surface area contributed by atoms with Gasteiger partial charge in [0, 0.05) is 31.7 Å². The number of fused-ring (bicyclic) bond motifs is 1. The maximum atomic E-state index is 12.6. The first kappa shape index (κ1) is 13.4. The van der Waals surface area contributed by atoms with E-state index in [2.05, 4.69) is 15.6 Å². The molecule has 3 rings (SSSR count). The van der Waals surface area contributed by atoms with Crippen LogP contribution in [0, 0.1) is 0 Å². The van der Waals surface area contributed by atoms with Gasteiger partial charge in [0.2, 0.25) is 5.91 Å². The third-order valence-electron chi connectivity index (χ3n) is 3.59. The number of carbonyl (C=O) groups excluding carboxylic acids is 2. The molecule has 0 unspecified atom stereocenters. The molecule has 2 heterocycles. The van der Waals surface area contributed by atoms with Crippen LogP contribution in [0.4, 0.5) is 5.82 Å². The lowest BCUT2D eigenvalue weighted by molar-refractivity contribution is -0.123. The van der Waals surface area contributed by atoms with Crippen LogP contribution in [-0.4, -0.2) is 48.4 Å². The molecule has 1 aliphatic rings. The first-order valence-corrected chi connectivity index (χ1v) is 6.82. The van der Waals surface area contributed by atoms with E-state index in [0.717, 1.165) is 16.6 Å². The van der Waals surface area contributed by atoms with Crippen LogP contribution < -0.4 is 10.6 Å². The lowest BCUT2D eigenvalue weighted by Gasteiger charge is -2.27. The summed E-state index contributed by atoms with van der Waals surface area (Å²) in [5, 5.41) is 7.47. The number of hydrogen-bond donors (Lipinski definition) is 2. The van der Waals surface area contributed by atoms with Crippen molar-refractivity contribution in [2.24, 2.45) is 0 Å². The van der Waals surface area contributed by atoms with Gasteiger partial charge in [-0.15, -0.1) is 0 Å². The largest absolute Gasteiger partial charge is 0.373 e. The molecule has 6 nitrogen and oxygen atoms in total. The second-order valence-corrected chi connectivity index (χ2v) is 4.89. The molecule has 6 heteroatoms. The highest BCUT2D eigenvalue weighted by atomic mass is 16.2. The van der Waals surface area contributed by atoms with Gasteiger partial charge in [-0.3, -0.25) is 9.59 Å². The third-order valence-corrected chi connectivity index (χ3v) is 3.59. The highest BCUT2D eigenvalue weighted by Crippen LogP contribution is 2.25. The van der Waals surface area contributed by atoms with Crippen LogP contribution >= 0.6 is 0 Å². The van der Waals surface area contributed by atoms with Gasteiger partial charge in [0.1, 0.15) is 5.82 Å². The van der Waals surface area contributed by atoms with Gasteiger partial charge in [0.25, 0.3) is 5.91 Å². The lowest BCUT2D eigenvalue weighted by atomic mass is 10.1. The van der Waals surface area contributed by atoms with Gasteiger partial charge in [0.15, 0.2) is 0 Å². The molecule has 2 amide bonds. The smallest absolute Gasteiger partial charge is 0.256 e. The van der Waals surface area contributed by atoms with E-state index in [-0.39, 0.29) is 18.4 Å². The summed E-state index contributed by atoms with van der Waals surface area (Å²) >= 11 is 0. The number of pyridine rings is 1. The van der Waals surface area contributed by atoms with Crippen molar-refractivity contribution >= 4 is 28.4 Å². The average molecular weight is 284 g/mol. The quantitative estimate of drug-likeness (QED) is 0.857. The standard InChI is InChI=1S/C15H16N4O2/c1-16-14-11-5-3-2-4-10(11)12(8-18-14)15(21)19-7-6-17-13(20)9-19/h2-5,8H,6-7,9H2,1H3,(H,16,18)(H,17,20). The van der Waals surface area contributed by atoms with Gasteiger partial charge in [0.05, 0.1) is 12.1 Å². The van der Waals surface area contributed by atoms with E-state index in [4.69, 9.17) is 0 Å². The van der Waals surface area contributed by atoms with Crippen LogP contribution in [0.2, 0.25) is 0 Å². The lowest BCUT2D eigenvalue weighted by Crippen LogP contribution is -2.50. The molecule has 108 valence electrons. The third kappa shape index (κ3) is 2.40. The van der Waals surface area contributed by atoms with E-state index >= 15 is 0 Å². The summed E-state index contributed by atoms with van der Waals surface area (Å²) in [5.74, 6) is 0.452. The van der Waals surface area contributed by atoms with Crippen molar-refractivity contribution in [3.05, 3.63) is 36.0 Å². The molecule has 1 fully saturated rings. The Morgan fingerprint density at radius 1 is 1.33 bits per heavy atom. The summed E-state index contributed by atoms with van der Waals surface area (Å²) in [6.07, 6.45) is 1.57. The van der Waals surface area contributed by atoms with Crippen molar-refractivity contribution in [2.75, 3.05) is 32.0 Å². The number of rotatable bonds is 2. The van der Waals surface area contributed by atoms with Gasteiger partial charge < -0.3 is 15.5 Å². The van der Waals surface area contributed by atoms with Crippen molar-refractivity contribution in [1.82, 2.24) is 15.2 Å². The molecule has 1 saturated heterocycles. The first-order chi connectivity index (χ1) is 10.2. The molecule has 0 aliphatic carbocycles. The highest BCUT2D eigenvalue weighted by molar-refractivity contribution is 6.09. The summed E-state index contributed by atoms with van der Waals surface area (Å²) in [7, 11) is 1.80. The Morgan fingerprint density at radius 3 is 2.81 bits per heavy atom. The molecular formula is C15H16N4O2. The van der Waals surface area contributed by atoms with Gasteiger partial charge >= 0.3 is 0 Å². The van der Waals surface area contributed by atoms with Crippen LogP contribution in [0.3, 0.4) is 0 Å². The number of aromatic nitrogens is 1. The number of piperazine rings is 1. The molecule has 1 aromatic carbocycles. The summed E-state index contributed by atoms with van der Waals surface area (Å²) in [5.41, 5.74) is 0.527. The number of nitrogens with one attached hydrogen (secondary N) is 2. The van der Waals surface area contributed by atoms with E-state index in [9.17, 15) is 9.59 Å². The minimum Gasteiger partial charge on any atom is -0.373 e.